The van der Waals surface area contributed by atoms with Gasteiger partial charge in [-0.25, -0.2) is 9.50 Å². The summed E-state index contributed by atoms with van der Waals surface area (Å²) in [6.45, 7) is 0.670. The number of hydrogen-bond acceptors (Lipinski definition) is 4. The topological polar surface area (TPSA) is 68.2 Å². The molecule has 0 spiro atoms. The zero-order valence-corrected chi connectivity index (χ0v) is 10.5. The van der Waals surface area contributed by atoms with Crippen molar-refractivity contribution in [3.63, 3.8) is 0 Å². The van der Waals surface area contributed by atoms with E-state index in [1.807, 2.05) is 24.4 Å². The van der Waals surface area contributed by atoms with E-state index in [0.717, 1.165) is 23.4 Å². The van der Waals surface area contributed by atoms with Crippen molar-refractivity contribution < 1.29 is 0 Å². The van der Waals surface area contributed by atoms with E-state index < -0.39 is 0 Å². The van der Waals surface area contributed by atoms with Gasteiger partial charge in [0.2, 0.25) is 0 Å². The standard InChI is InChI=1S/C14H15N5/c15-7-5-11-1-3-12(4-2-11)18-14-13-6-8-17-19(13)10-9-16-14/h1-4,6,8-10H,5,7,15H2,(H,16,18). The second-order valence-electron chi connectivity index (χ2n) is 4.30. The highest BCUT2D eigenvalue weighted by molar-refractivity contribution is 5.72. The molecule has 3 rings (SSSR count). The summed E-state index contributed by atoms with van der Waals surface area (Å²) in [6, 6.07) is 10.1. The van der Waals surface area contributed by atoms with Gasteiger partial charge >= 0.3 is 0 Å². The molecule has 2 aromatic heterocycles. The number of anilines is 2. The molecule has 96 valence electrons. The van der Waals surface area contributed by atoms with Crippen molar-refractivity contribution in [3.05, 3.63) is 54.5 Å². The van der Waals surface area contributed by atoms with Crippen molar-refractivity contribution in [3.8, 4) is 0 Å². The minimum atomic E-state index is 0.670. The summed E-state index contributed by atoms with van der Waals surface area (Å²) in [7, 11) is 0. The summed E-state index contributed by atoms with van der Waals surface area (Å²) in [6.07, 6.45) is 6.21. The lowest BCUT2D eigenvalue weighted by molar-refractivity contribution is 0.947. The Morgan fingerprint density at radius 3 is 2.74 bits per heavy atom. The van der Waals surface area contributed by atoms with Crippen LogP contribution in [0.2, 0.25) is 0 Å². The van der Waals surface area contributed by atoms with Gasteiger partial charge in [0.05, 0.1) is 6.20 Å². The molecule has 0 amide bonds. The maximum Gasteiger partial charge on any atom is 0.156 e. The van der Waals surface area contributed by atoms with E-state index in [1.54, 1.807) is 16.9 Å². The van der Waals surface area contributed by atoms with Gasteiger partial charge in [-0.2, -0.15) is 5.10 Å². The Morgan fingerprint density at radius 2 is 1.95 bits per heavy atom. The van der Waals surface area contributed by atoms with Crippen molar-refractivity contribution in [2.45, 2.75) is 6.42 Å². The van der Waals surface area contributed by atoms with Gasteiger partial charge in [0.15, 0.2) is 5.82 Å². The molecule has 0 radical (unpaired) electrons. The van der Waals surface area contributed by atoms with Crippen LogP contribution in [-0.4, -0.2) is 21.1 Å². The number of aromatic nitrogens is 3. The van der Waals surface area contributed by atoms with E-state index in [4.69, 9.17) is 5.73 Å². The van der Waals surface area contributed by atoms with E-state index >= 15 is 0 Å². The van der Waals surface area contributed by atoms with Crippen LogP contribution >= 0.6 is 0 Å². The second-order valence-corrected chi connectivity index (χ2v) is 4.30. The molecule has 1 aromatic carbocycles. The molecule has 0 unspecified atom stereocenters. The van der Waals surface area contributed by atoms with Crippen molar-refractivity contribution in [1.82, 2.24) is 14.6 Å². The first-order chi connectivity index (χ1) is 9.36. The van der Waals surface area contributed by atoms with Gasteiger partial charge in [0.1, 0.15) is 5.52 Å². The largest absolute Gasteiger partial charge is 0.338 e. The van der Waals surface area contributed by atoms with E-state index in [9.17, 15) is 0 Å². The van der Waals surface area contributed by atoms with Crippen molar-refractivity contribution in [2.75, 3.05) is 11.9 Å². The highest BCUT2D eigenvalue weighted by Crippen LogP contribution is 2.19. The van der Waals surface area contributed by atoms with Gasteiger partial charge in [-0.1, -0.05) is 12.1 Å². The van der Waals surface area contributed by atoms with Gasteiger partial charge in [0, 0.05) is 18.1 Å². The summed E-state index contributed by atoms with van der Waals surface area (Å²) in [5.41, 5.74) is 8.73. The van der Waals surface area contributed by atoms with E-state index in [2.05, 4.69) is 27.5 Å². The maximum absolute atomic E-state index is 5.54. The number of nitrogens with zero attached hydrogens (tertiary/aromatic N) is 3. The lowest BCUT2D eigenvalue weighted by atomic mass is 10.1. The van der Waals surface area contributed by atoms with Crippen molar-refractivity contribution in [1.29, 1.82) is 0 Å². The first kappa shape index (κ1) is 11.7. The van der Waals surface area contributed by atoms with Crippen LogP contribution < -0.4 is 11.1 Å². The van der Waals surface area contributed by atoms with Crippen LogP contribution in [0.1, 0.15) is 5.56 Å². The molecular formula is C14H15N5. The third-order valence-electron chi connectivity index (χ3n) is 2.97. The summed E-state index contributed by atoms with van der Waals surface area (Å²) in [5.74, 6) is 0.798. The molecule has 19 heavy (non-hydrogen) atoms. The molecule has 0 fully saturated rings. The summed E-state index contributed by atoms with van der Waals surface area (Å²) in [4.78, 5) is 4.34. The van der Waals surface area contributed by atoms with Gasteiger partial charge in [-0.05, 0) is 36.7 Å². The van der Waals surface area contributed by atoms with Gasteiger partial charge in [0.25, 0.3) is 0 Å². The molecule has 3 aromatic rings. The smallest absolute Gasteiger partial charge is 0.156 e. The van der Waals surface area contributed by atoms with Crippen molar-refractivity contribution in [2.24, 2.45) is 5.73 Å². The molecular weight excluding hydrogens is 238 g/mol. The summed E-state index contributed by atoms with van der Waals surface area (Å²) < 4.78 is 1.79. The maximum atomic E-state index is 5.54. The molecule has 0 aliphatic heterocycles. The van der Waals surface area contributed by atoms with Crippen LogP contribution in [-0.2, 0) is 6.42 Å². The highest BCUT2D eigenvalue weighted by atomic mass is 15.2. The number of rotatable bonds is 4. The Balaban J connectivity index is 1.86. The zero-order chi connectivity index (χ0) is 13.1. The van der Waals surface area contributed by atoms with Crippen LogP contribution in [0.3, 0.4) is 0 Å². The van der Waals surface area contributed by atoms with Crippen LogP contribution in [0.4, 0.5) is 11.5 Å². The fourth-order valence-electron chi connectivity index (χ4n) is 2.01. The first-order valence-electron chi connectivity index (χ1n) is 6.21. The van der Waals surface area contributed by atoms with Crippen LogP contribution in [0, 0.1) is 0 Å². The highest BCUT2D eigenvalue weighted by Gasteiger charge is 2.03. The van der Waals surface area contributed by atoms with Crippen LogP contribution in [0.5, 0.6) is 0 Å². The predicted octanol–water partition coefficient (Wildman–Crippen LogP) is 1.97. The average molecular weight is 253 g/mol. The molecule has 5 heteroatoms. The monoisotopic (exact) mass is 253 g/mol. The lowest BCUT2D eigenvalue weighted by Crippen LogP contribution is -2.02. The van der Waals surface area contributed by atoms with Gasteiger partial charge in [-0.15, -0.1) is 0 Å². The Hall–Kier alpha value is -2.40. The second kappa shape index (κ2) is 5.07. The fourth-order valence-corrected chi connectivity index (χ4v) is 2.01. The van der Waals surface area contributed by atoms with E-state index in [0.29, 0.717) is 6.54 Å². The van der Waals surface area contributed by atoms with Crippen LogP contribution in [0.25, 0.3) is 5.52 Å². The third kappa shape index (κ3) is 2.41. The quantitative estimate of drug-likeness (QED) is 0.746. The Bertz CT molecular complexity index is 672. The van der Waals surface area contributed by atoms with Gasteiger partial charge in [-0.3, -0.25) is 0 Å². The number of fused-ring (bicyclic) bond motifs is 1. The lowest BCUT2D eigenvalue weighted by Gasteiger charge is -2.07. The first-order valence-corrected chi connectivity index (χ1v) is 6.21. The van der Waals surface area contributed by atoms with E-state index in [-0.39, 0.29) is 0 Å². The Labute approximate surface area is 111 Å². The number of nitrogens with two attached hydrogens (primary N) is 1. The number of nitrogens with one attached hydrogen (secondary N) is 1. The Morgan fingerprint density at radius 1 is 1.11 bits per heavy atom. The summed E-state index contributed by atoms with van der Waals surface area (Å²) in [5, 5.41) is 7.48. The molecule has 5 nitrogen and oxygen atoms in total. The molecule has 3 N–H and O–H groups in total. The van der Waals surface area contributed by atoms with E-state index in [1.165, 1.54) is 5.56 Å². The minimum Gasteiger partial charge on any atom is -0.338 e. The molecule has 0 saturated carbocycles. The minimum absolute atomic E-state index is 0.670. The molecule has 0 atom stereocenters. The Kier molecular flexibility index (Phi) is 3.12. The van der Waals surface area contributed by atoms with Gasteiger partial charge < -0.3 is 11.1 Å². The summed E-state index contributed by atoms with van der Waals surface area (Å²) >= 11 is 0. The van der Waals surface area contributed by atoms with Crippen molar-refractivity contribution >= 4 is 17.0 Å². The molecule has 0 aliphatic carbocycles. The molecule has 2 heterocycles. The zero-order valence-electron chi connectivity index (χ0n) is 10.5. The normalized spacial score (nSPS) is 10.8. The number of hydrogen-bond donors (Lipinski definition) is 2. The molecule has 0 aliphatic rings. The average Bonchev–Trinajstić information content (AvgIpc) is 2.91. The SMILES string of the molecule is NCCc1ccc(Nc2nccn3nccc23)cc1. The molecule has 0 saturated heterocycles. The molecule has 0 bridgehead atoms. The van der Waals surface area contributed by atoms with Crippen LogP contribution in [0.15, 0.2) is 48.9 Å². The predicted molar refractivity (Wildman–Crippen MR) is 75.5 cm³/mol. The number of benzene rings is 1. The third-order valence-corrected chi connectivity index (χ3v) is 2.97. The fraction of sp³-hybridized carbons (Fsp3) is 0.143.